The third-order valence-electron chi connectivity index (χ3n) is 6.63. The van der Waals surface area contributed by atoms with Crippen LogP contribution in [0.25, 0.3) is 10.8 Å². The first-order valence-electron chi connectivity index (χ1n) is 10.7. The highest BCUT2D eigenvalue weighted by Crippen LogP contribution is 2.31. The number of amides is 3. The molecule has 0 bridgehead atoms. The first-order valence-corrected chi connectivity index (χ1v) is 10.7. The summed E-state index contributed by atoms with van der Waals surface area (Å²) in [4.78, 5) is 33.3. The van der Waals surface area contributed by atoms with Gasteiger partial charge in [-0.15, -0.1) is 0 Å². The fraction of sp³-hybridized carbons (Fsp3) is 0.478. The Morgan fingerprint density at radius 2 is 1.79 bits per heavy atom. The molecule has 2 aromatic rings. The van der Waals surface area contributed by atoms with Crippen LogP contribution in [0.3, 0.4) is 0 Å². The number of likely N-dealkylation sites (tertiary alicyclic amines) is 1. The van der Waals surface area contributed by atoms with Crippen LogP contribution < -0.4 is 4.90 Å². The number of carbonyl (C=O) groups is 2. The highest BCUT2D eigenvalue weighted by Gasteiger charge is 2.39. The summed E-state index contributed by atoms with van der Waals surface area (Å²) in [6.07, 6.45) is 3.43. The second kappa shape index (κ2) is 7.25. The van der Waals surface area contributed by atoms with Gasteiger partial charge in [-0.3, -0.25) is 4.79 Å². The first kappa shape index (κ1) is 18.3. The molecule has 5 rings (SSSR count). The number of benzene rings is 2. The Hall–Kier alpha value is -2.76. The SMILES string of the molecule is CN1CC2CN(c3cccc4cc(C(=O)N5CCCCC5)ccc34)CCN2C1=O. The van der Waals surface area contributed by atoms with Crippen LogP contribution in [-0.4, -0.2) is 79.0 Å². The van der Waals surface area contributed by atoms with Gasteiger partial charge in [-0.2, -0.15) is 0 Å². The van der Waals surface area contributed by atoms with E-state index < -0.39 is 0 Å². The molecule has 3 amide bonds. The van der Waals surface area contributed by atoms with Crippen LogP contribution in [0.2, 0.25) is 0 Å². The van der Waals surface area contributed by atoms with Crippen LogP contribution >= 0.6 is 0 Å². The summed E-state index contributed by atoms with van der Waals surface area (Å²) >= 11 is 0. The summed E-state index contributed by atoms with van der Waals surface area (Å²) < 4.78 is 0. The number of likely N-dealkylation sites (N-methyl/N-ethyl adjacent to an activating group) is 1. The standard InChI is InChI=1S/C23H28N4O2/c1-24-15-19-16-26(12-13-27(19)23(24)29)21-7-5-6-17-14-18(8-9-20(17)21)22(28)25-10-3-2-4-11-25/h5-9,14,19H,2-4,10-13,15-16H2,1H3. The van der Waals surface area contributed by atoms with E-state index in [0.717, 1.165) is 63.1 Å². The second-order valence-corrected chi connectivity index (χ2v) is 8.52. The zero-order chi connectivity index (χ0) is 20.0. The Morgan fingerprint density at radius 1 is 0.966 bits per heavy atom. The zero-order valence-electron chi connectivity index (χ0n) is 17.0. The lowest BCUT2D eigenvalue weighted by atomic mass is 10.0. The average molecular weight is 393 g/mol. The summed E-state index contributed by atoms with van der Waals surface area (Å²) in [5.41, 5.74) is 1.98. The maximum atomic E-state index is 12.9. The highest BCUT2D eigenvalue weighted by atomic mass is 16.2. The fourth-order valence-corrected chi connectivity index (χ4v) is 5.05. The van der Waals surface area contributed by atoms with E-state index >= 15 is 0 Å². The molecule has 3 aliphatic heterocycles. The van der Waals surface area contributed by atoms with Crippen molar-refractivity contribution in [2.24, 2.45) is 0 Å². The lowest BCUT2D eigenvalue weighted by molar-refractivity contribution is 0.0724. The molecule has 3 aliphatic rings. The number of piperazine rings is 1. The zero-order valence-corrected chi connectivity index (χ0v) is 17.0. The molecule has 3 heterocycles. The number of piperidine rings is 1. The predicted octanol–water partition coefficient (Wildman–Crippen LogP) is 3.02. The second-order valence-electron chi connectivity index (χ2n) is 8.52. The van der Waals surface area contributed by atoms with Crippen LogP contribution in [0, 0.1) is 0 Å². The number of nitrogens with zero attached hydrogens (tertiary/aromatic N) is 4. The van der Waals surface area contributed by atoms with Crippen LogP contribution in [-0.2, 0) is 0 Å². The van der Waals surface area contributed by atoms with Crippen LogP contribution in [0.15, 0.2) is 36.4 Å². The van der Waals surface area contributed by atoms with E-state index in [1.54, 1.807) is 0 Å². The molecule has 3 saturated heterocycles. The van der Waals surface area contributed by atoms with E-state index in [1.807, 2.05) is 33.9 Å². The van der Waals surface area contributed by atoms with E-state index in [9.17, 15) is 9.59 Å². The predicted molar refractivity (Wildman–Crippen MR) is 114 cm³/mol. The summed E-state index contributed by atoms with van der Waals surface area (Å²) in [5.74, 6) is 0.151. The van der Waals surface area contributed by atoms with E-state index in [-0.39, 0.29) is 18.0 Å². The molecule has 0 aromatic heterocycles. The monoisotopic (exact) mass is 392 g/mol. The maximum absolute atomic E-state index is 12.9. The molecule has 6 heteroatoms. The van der Waals surface area contributed by atoms with Gasteiger partial charge in [0.2, 0.25) is 0 Å². The normalized spacial score (nSPS) is 22.4. The topological polar surface area (TPSA) is 47.1 Å². The number of rotatable bonds is 2. The van der Waals surface area contributed by atoms with Gasteiger partial charge in [-0.25, -0.2) is 4.79 Å². The molecular formula is C23H28N4O2. The molecule has 152 valence electrons. The van der Waals surface area contributed by atoms with Crippen molar-refractivity contribution in [3.63, 3.8) is 0 Å². The molecule has 0 spiro atoms. The number of hydrogen-bond acceptors (Lipinski definition) is 3. The number of fused-ring (bicyclic) bond motifs is 2. The van der Waals surface area contributed by atoms with E-state index in [0.29, 0.717) is 0 Å². The summed E-state index contributed by atoms with van der Waals surface area (Å²) in [5, 5.41) is 2.28. The van der Waals surface area contributed by atoms with Gasteiger partial charge in [0.05, 0.1) is 6.04 Å². The fourth-order valence-electron chi connectivity index (χ4n) is 5.05. The van der Waals surface area contributed by atoms with Crippen molar-refractivity contribution in [1.82, 2.24) is 14.7 Å². The molecular weight excluding hydrogens is 364 g/mol. The smallest absolute Gasteiger partial charge is 0.320 e. The van der Waals surface area contributed by atoms with E-state index in [1.165, 1.54) is 17.5 Å². The molecule has 0 N–H and O–H groups in total. The Labute approximate surface area is 171 Å². The quantitative estimate of drug-likeness (QED) is 0.789. The third kappa shape index (κ3) is 3.20. The van der Waals surface area contributed by atoms with Gasteiger partial charge in [-0.1, -0.05) is 18.2 Å². The molecule has 1 unspecified atom stereocenters. The van der Waals surface area contributed by atoms with Crippen LogP contribution in [0.5, 0.6) is 0 Å². The van der Waals surface area contributed by atoms with Crippen molar-refractivity contribution in [1.29, 1.82) is 0 Å². The first-order chi connectivity index (χ1) is 14.1. The maximum Gasteiger partial charge on any atom is 0.320 e. The largest absolute Gasteiger partial charge is 0.367 e. The van der Waals surface area contributed by atoms with E-state index in [4.69, 9.17) is 0 Å². The van der Waals surface area contributed by atoms with Gasteiger partial charge in [-0.05, 0) is 42.8 Å². The van der Waals surface area contributed by atoms with E-state index in [2.05, 4.69) is 29.2 Å². The van der Waals surface area contributed by atoms with Crippen molar-refractivity contribution >= 4 is 28.4 Å². The van der Waals surface area contributed by atoms with Crippen molar-refractivity contribution < 1.29 is 9.59 Å². The molecule has 3 fully saturated rings. The van der Waals surface area contributed by atoms with Gasteiger partial charge in [0.15, 0.2) is 0 Å². The molecule has 1 atom stereocenters. The Bertz CT molecular complexity index is 953. The van der Waals surface area contributed by atoms with Gasteiger partial charge in [0, 0.05) is 63.0 Å². The molecule has 6 nitrogen and oxygen atoms in total. The highest BCUT2D eigenvalue weighted by molar-refractivity contribution is 6.02. The van der Waals surface area contributed by atoms with Gasteiger partial charge < -0.3 is 19.6 Å². The lowest BCUT2D eigenvalue weighted by Crippen LogP contribution is -2.52. The van der Waals surface area contributed by atoms with Crippen LogP contribution in [0.4, 0.5) is 10.5 Å². The number of hydrogen-bond donors (Lipinski definition) is 0. The minimum atomic E-state index is 0.147. The Morgan fingerprint density at radius 3 is 2.62 bits per heavy atom. The van der Waals surface area contributed by atoms with Gasteiger partial charge >= 0.3 is 6.03 Å². The van der Waals surface area contributed by atoms with Crippen molar-refractivity contribution in [2.45, 2.75) is 25.3 Å². The lowest BCUT2D eigenvalue weighted by Gasteiger charge is -2.38. The van der Waals surface area contributed by atoms with Crippen molar-refractivity contribution in [2.75, 3.05) is 51.2 Å². The molecule has 2 aromatic carbocycles. The number of urea groups is 1. The Kier molecular flexibility index (Phi) is 4.57. The van der Waals surface area contributed by atoms with Crippen LogP contribution in [0.1, 0.15) is 29.6 Å². The molecule has 0 aliphatic carbocycles. The third-order valence-corrected chi connectivity index (χ3v) is 6.63. The summed E-state index contributed by atoms with van der Waals surface area (Å²) in [6.45, 7) is 4.98. The van der Waals surface area contributed by atoms with Crippen molar-refractivity contribution in [3.05, 3.63) is 42.0 Å². The minimum Gasteiger partial charge on any atom is -0.367 e. The average Bonchev–Trinajstić information content (AvgIpc) is 3.06. The number of carbonyl (C=O) groups excluding carboxylic acids is 2. The minimum absolute atomic E-state index is 0.147. The van der Waals surface area contributed by atoms with Crippen molar-refractivity contribution in [3.8, 4) is 0 Å². The molecule has 29 heavy (non-hydrogen) atoms. The summed E-state index contributed by atoms with van der Waals surface area (Å²) in [7, 11) is 1.88. The van der Waals surface area contributed by atoms with Gasteiger partial charge in [0.25, 0.3) is 5.91 Å². The summed E-state index contributed by atoms with van der Waals surface area (Å²) in [6, 6.07) is 12.8. The van der Waals surface area contributed by atoms with Gasteiger partial charge in [0.1, 0.15) is 0 Å². The Balaban J connectivity index is 1.41. The number of anilines is 1. The molecule has 0 saturated carbocycles. The molecule has 0 radical (unpaired) electrons.